The maximum Gasteiger partial charge on any atom is 0.308 e. The lowest BCUT2D eigenvalue weighted by Crippen LogP contribution is -2.33. The smallest absolute Gasteiger partial charge is 0.308 e. The Hall–Kier alpha value is -2.17. The first-order chi connectivity index (χ1) is 9.41. The van der Waals surface area contributed by atoms with Crippen molar-refractivity contribution in [2.45, 2.75) is 19.8 Å². The second-order valence-electron chi connectivity index (χ2n) is 4.80. The summed E-state index contributed by atoms with van der Waals surface area (Å²) in [6.45, 7) is 1.69. The summed E-state index contributed by atoms with van der Waals surface area (Å²) in [5, 5.41) is 8.79. The van der Waals surface area contributed by atoms with Crippen molar-refractivity contribution in [2.75, 3.05) is 13.6 Å². The van der Waals surface area contributed by atoms with Crippen molar-refractivity contribution < 1.29 is 19.5 Å². The van der Waals surface area contributed by atoms with Gasteiger partial charge in [0.05, 0.1) is 5.92 Å². The molecule has 5 nitrogen and oxygen atoms in total. The van der Waals surface area contributed by atoms with Gasteiger partial charge in [-0.2, -0.15) is 0 Å². The average Bonchev–Trinajstić information content (AvgIpc) is 2.44. The van der Waals surface area contributed by atoms with Gasteiger partial charge in [-0.25, -0.2) is 0 Å². The SMILES string of the molecule is CC(CN(C)C(=O)CCC(=O)c1ccccc1)C(=O)O. The largest absolute Gasteiger partial charge is 0.481 e. The van der Waals surface area contributed by atoms with Gasteiger partial charge in [0.1, 0.15) is 0 Å². The van der Waals surface area contributed by atoms with Crippen LogP contribution in [0, 0.1) is 5.92 Å². The van der Waals surface area contributed by atoms with E-state index in [1.165, 1.54) is 4.90 Å². The normalized spacial score (nSPS) is 11.7. The molecule has 1 rings (SSSR count). The third kappa shape index (κ3) is 4.84. The number of Topliss-reactive ketones (excluding diaryl/α,β-unsaturated/α-hetero) is 1. The first kappa shape index (κ1) is 15.9. The number of ketones is 1. The van der Waals surface area contributed by atoms with Gasteiger partial charge in [-0.05, 0) is 0 Å². The highest BCUT2D eigenvalue weighted by molar-refractivity contribution is 5.97. The van der Waals surface area contributed by atoms with Crippen molar-refractivity contribution in [1.82, 2.24) is 4.90 Å². The van der Waals surface area contributed by atoms with Crippen LogP contribution in [0.25, 0.3) is 0 Å². The van der Waals surface area contributed by atoms with Crippen molar-refractivity contribution in [1.29, 1.82) is 0 Å². The van der Waals surface area contributed by atoms with Gasteiger partial charge in [-0.15, -0.1) is 0 Å². The first-order valence-electron chi connectivity index (χ1n) is 6.47. The van der Waals surface area contributed by atoms with Gasteiger partial charge in [0.2, 0.25) is 5.91 Å². The lowest BCUT2D eigenvalue weighted by Gasteiger charge is -2.19. The van der Waals surface area contributed by atoms with E-state index in [0.29, 0.717) is 5.56 Å². The topological polar surface area (TPSA) is 74.7 Å². The molecular formula is C15H19NO4. The van der Waals surface area contributed by atoms with Crippen LogP contribution in [0.3, 0.4) is 0 Å². The van der Waals surface area contributed by atoms with E-state index in [1.807, 2.05) is 6.07 Å². The van der Waals surface area contributed by atoms with Crippen LogP contribution in [0.2, 0.25) is 0 Å². The lowest BCUT2D eigenvalue weighted by atomic mass is 10.1. The molecule has 1 amide bonds. The Morgan fingerprint density at radius 3 is 2.30 bits per heavy atom. The van der Waals surface area contributed by atoms with Crippen LogP contribution in [-0.4, -0.2) is 41.3 Å². The summed E-state index contributed by atoms with van der Waals surface area (Å²) in [5.41, 5.74) is 0.585. The fourth-order valence-corrected chi connectivity index (χ4v) is 1.77. The van der Waals surface area contributed by atoms with Crippen LogP contribution in [0.5, 0.6) is 0 Å². The number of carboxylic acids is 1. The minimum atomic E-state index is -0.940. The number of hydrogen-bond donors (Lipinski definition) is 1. The van der Waals surface area contributed by atoms with E-state index in [0.717, 1.165) is 0 Å². The second kappa shape index (κ2) is 7.43. The van der Waals surface area contributed by atoms with Crippen LogP contribution in [-0.2, 0) is 9.59 Å². The van der Waals surface area contributed by atoms with E-state index < -0.39 is 11.9 Å². The van der Waals surface area contributed by atoms with Gasteiger partial charge in [0, 0.05) is 32.0 Å². The van der Waals surface area contributed by atoms with E-state index in [1.54, 1.807) is 38.2 Å². The van der Waals surface area contributed by atoms with Crippen LogP contribution in [0.4, 0.5) is 0 Å². The van der Waals surface area contributed by atoms with E-state index >= 15 is 0 Å². The van der Waals surface area contributed by atoms with Crippen LogP contribution in [0.1, 0.15) is 30.1 Å². The van der Waals surface area contributed by atoms with Crippen LogP contribution >= 0.6 is 0 Å². The molecular weight excluding hydrogens is 258 g/mol. The van der Waals surface area contributed by atoms with Crippen LogP contribution < -0.4 is 0 Å². The monoisotopic (exact) mass is 277 g/mol. The highest BCUT2D eigenvalue weighted by Crippen LogP contribution is 2.07. The Kier molecular flexibility index (Phi) is 5.90. The van der Waals surface area contributed by atoms with E-state index in [9.17, 15) is 14.4 Å². The zero-order valence-electron chi connectivity index (χ0n) is 11.7. The molecule has 0 aliphatic carbocycles. The summed E-state index contributed by atoms with van der Waals surface area (Å²) in [7, 11) is 1.55. The molecule has 20 heavy (non-hydrogen) atoms. The van der Waals surface area contributed by atoms with Gasteiger partial charge < -0.3 is 10.0 Å². The van der Waals surface area contributed by atoms with Gasteiger partial charge in [-0.3, -0.25) is 14.4 Å². The molecule has 0 radical (unpaired) electrons. The summed E-state index contributed by atoms with van der Waals surface area (Å²) in [5.74, 6) is -1.86. The first-order valence-corrected chi connectivity index (χ1v) is 6.47. The summed E-state index contributed by atoms with van der Waals surface area (Å²) >= 11 is 0. The molecule has 0 heterocycles. The number of carbonyl (C=O) groups excluding carboxylic acids is 2. The maximum absolute atomic E-state index is 11.8. The summed E-state index contributed by atoms with van der Waals surface area (Å²) in [6.07, 6.45) is 0.227. The molecule has 108 valence electrons. The highest BCUT2D eigenvalue weighted by Gasteiger charge is 2.18. The molecule has 1 unspecified atom stereocenters. The molecule has 1 N–H and O–H groups in total. The number of rotatable bonds is 7. The van der Waals surface area contributed by atoms with Crippen molar-refractivity contribution in [3.05, 3.63) is 35.9 Å². The van der Waals surface area contributed by atoms with Crippen LogP contribution in [0.15, 0.2) is 30.3 Å². The van der Waals surface area contributed by atoms with E-state index in [2.05, 4.69) is 0 Å². The second-order valence-corrected chi connectivity index (χ2v) is 4.80. The molecule has 1 atom stereocenters. The fourth-order valence-electron chi connectivity index (χ4n) is 1.77. The van der Waals surface area contributed by atoms with Gasteiger partial charge in [0.25, 0.3) is 0 Å². The van der Waals surface area contributed by atoms with Gasteiger partial charge in [-0.1, -0.05) is 37.3 Å². The molecule has 0 saturated heterocycles. The van der Waals surface area contributed by atoms with Crippen molar-refractivity contribution in [2.24, 2.45) is 5.92 Å². The molecule has 0 fully saturated rings. The van der Waals surface area contributed by atoms with Crippen molar-refractivity contribution >= 4 is 17.7 Å². The van der Waals surface area contributed by atoms with Crippen molar-refractivity contribution in [3.8, 4) is 0 Å². The minimum Gasteiger partial charge on any atom is -0.481 e. The Bertz CT molecular complexity index is 484. The zero-order valence-corrected chi connectivity index (χ0v) is 11.7. The summed E-state index contributed by atoms with van der Waals surface area (Å²) in [6, 6.07) is 8.79. The quantitative estimate of drug-likeness (QED) is 0.771. The number of carboxylic acid groups (broad SMARTS) is 1. The maximum atomic E-state index is 11.8. The lowest BCUT2D eigenvalue weighted by molar-refractivity contribution is -0.142. The predicted molar refractivity (Wildman–Crippen MR) is 74.4 cm³/mol. The molecule has 0 aliphatic heterocycles. The molecule has 5 heteroatoms. The highest BCUT2D eigenvalue weighted by atomic mass is 16.4. The Labute approximate surface area is 118 Å². The Morgan fingerprint density at radius 2 is 1.75 bits per heavy atom. The number of aliphatic carboxylic acids is 1. The van der Waals surface area contributed by atoms with Gasteiger partial charge >= 0.3 is 5.97 Å². The molecule has 0 spiro atoms. The third-order valence-electron chi connectivity index (χ3n) is 3.06. The standard InChI is InChI=1S/C15H19NO4/c1-11(15(19)20)10-16(2)14(18)9-8-13(17)12-6-4-3-5-7-12/h3-7,11H,8-10H2,1-2H3,(H,19,20). The fraction of sp³-hybridized carbons (Fsp3) is 0.400. The molecule has 0 bridgehead atoms. The molecule has 0 aliphatic rings. The predicted octanol–water partition coefficient (Wildman–Crippen LogP) is 1.83. The van der Waals surface area contributed by atoms with E-state index in [4.69, 9.17) is 5.11 Å². The molecule has 0 saturated carbocycles. The molecule has 0 aromatic heterocycles. The number of amides is 1. The number of carbonyl (C=O) groups is 3. The third-order valence-corrected chi connectivity index (χ3v) is 3.06. The average molecular weight is 277 g/mol. The molecule has 1 aromatic rings. The number of hydrogen-bond acceptors (Lipinski definition) is 3. The minimum absolute atomic E-state index is 0.0846. The van der Waals surface area contributed by atoms with Crippen molar-refractivity contribution in [3.63, 3.8) is 0 Å². The number of benzene rings is 1. The Balaban J connectivity index is 2.43. The summed E-state index contributed by atoms with van der Waals surface area (Å²) < 4.78 is 0. The van der Waals surface area contributed by atoms with Gasteiger partial charge in [0.15, 0.2) is 5.78 Å². The molecule has 1 aromatic carbocycles. The number of nitrogens with zero attached hydrogens (tertiary/aromatic N) is 1. The van der Waals surface area contributed by atoms with E-state index in [-0.39, 0.29) is 31.1 Å². The Morgan fingerprint density at radius 1 is 1.15 bits per heavy atom. The summed E-state index contributed by atoms with van der Waals surface area (Å²) in [4.78, 5) is 35.7. The zero-order chi connectivity index (χ0) is 15.1.